The van der Waals surface area contributed by atoms with E-state index in [1.165, 1.54) is 0 Å². The van der Waals surface area contributed by atoms with Crippen molar-refractivity contribution >= 4 is 17.5 Å². The minimum atomic E-state index is -0.147. The molecule has 1 aliphatic heterocycles. The zero-order valence-electron chi connectivity index (χ0n) is 16.4. The second kappa shape index (κ2) is 9.21. The van der Waals surface area contributed by atoms with Gasteiger partial charge in [0.2, 0.25) is 5.91 Å². The van der Waals surface area contributed by atoms with Gasteiger partial charge in [-0.15, -0.1) is 0 Å². The summed E-state index contributed by atoms with van der Waals surface area (Å²) in [5.74, 6) is 0.776. The minimum absolute atomic E-state index is 0.0981. The molecule has 1 fully saturated rings. The Bertz CT molecular complexity index is 832. The number of piperazine rings is 1. The number of methoxy groups -OCH3 is 1. The van der Waals surface area contributed by atoms with Crippen molar-refractivity contribution in [2.45, 2.75) is 13.3 Å². The lowest BCUT2D eigenvalue weighted by atomic mass is 10.1. The van der Waals surface area contributed by atoms with Crippen LogP contribution in [0.1, 0.15) is 22.8 Å². The smallest absolute Gasteiger partial charge is 0.252 e. The fourth-order valence-electron chi connectivity index (χ4n) is 3.33. The first-order valence-corrected chi connectivity index (χ1v) is 9.44. The number of amides is 2. The third-order valence-electron chi connectivity index (χ3n) is 4.95. The maximum absolute atomic E-state index is 12.5. The first-order chi connectivity index (χ1) is 13.6. The molecule has 0 aliphatic carbocycles. The zero-order valence-corrected chi connectivity index (χ0v) is 16.4. The predicted molar refractivity (Wildman–Crippen MR) is 108 cm³/mol. The minimum Gasteiger partial charge on any atom is -0.496 e. The Morgan fingerprint density at radius 1 is 1.14 bits per heavy atom. The maximum atomic E-state index is 12.5. The van der Waals surface area contributed by atoms with Crippen LogP contribution in [0.2, 0.25) is 0 Å². The third kappa shape index (κ3) is 4.79. The maximum Gasteiger partial charge on any atom is 0.252 e. The van der Waals surface area contributed by atoms with Crippen molar-refractivity contribution in [3.63, 3.8) is 0 Å². The number of aromatic nitrogens is 1. The number of rotatable bonds is 6. The van der Waals surface area contributed by atoms with Crippen LogP contribution in [-0.4, -0.2) is 61.5 Å². The van der Waals surface area contributed by atoms with Gasteiger partial charge in [0.1, 0.15) is 5.75 Å². The number of pyridine rings is 1. The average molecular weight is 382 g/mol. The molecule has 0 spiro atoms. The SMILES string of the molecule is COc1ccccc1CCNC(=O)c1cncc(N2CCN(C(C)=O)CC2)c1. The van der Waals surface area contributed by atoms with Crippen molar-refractivity contribution in [3.8, 4) is 5.75 Å². The lowest BCUT2D eigenvalue weighted by Crippen LogP contribution is -2.48. The van der Waals surface area contributed by atoms with E-state index in [4.69, 9.17) is 4.74 Å². The topological polar surface area (TPSA) is 74.8 Å². The lowest BCUT2D eigenvalue weighted by molar-refractivity contribution is -0.129. The third-order valence-corrected chi connectivity index (χ3v) is 4.95. The highest BCUT2D eigenvalue weighted by atomic mass is 16.5. The Hall–Kier alpha value is -3.09. The molecular formula is C21H26N4O3. The number of hydrogen-bond acceptors (Lipinski definition) is 5. The van der Waals surface area contributed by atoms with Crippen molar-refractivity contribution in [1.82, 2.24) is 15.2 Å². The summed E-state index contributed by atoms with van der Waals surface area (Å²) in [5.41, 5.74) is 2.49. The summed E-state index contributed by atoms with van der Waals surface area (Å²) in [7, 11) is 1.64. The van der Waals surface area contributed by atoms with E-state index in [1.807, 2.05) is 35.2 Å². The Labute approximate surface area is 165 Å². The molecule has 7 heteroatoms. The first-order valence-electron chi connectivity index (χ1n) is 9.44. The second-order valence-corrected chi connectivity index (χ2v) is 6.74. The fraction of sp³-hybridized carbons (Fsp3) is 0.381. The van der Waals surface area contributed by atoms with Crippen LogP contribution in [0.15, 0.2) is 42.7 Å². The summed E-state index contributed by atoms with van der Waals surface area (Å²) in [6.07, 6.45) is 4.03. The summed E-state index contributed by atoms with van der Waals surface area (Å²) in [6.45, 7) is 4.95. The van der Waals surface area contributed by atoms with Crippen LogP contribution >= 0.6 is 0 Å². The van der Waals surface area contributed by atoms with Crippen LogP contribution in [0.3, 0.4) is 0 Å². The van der Waals surface area contributed by atoms with Gasteiger partial charge >= 0.3 is 0 Å². The molecule has 0 bridgehead atoms. The molecule has 148 valence electrons. The van der Waals surface area contributed by atoms with Gasteiger partial charge in [0.05, 0.1) is 24.6 Å². The van der Waals surface area contributed by atoms with Crippen LogP contribution in [0.5, 0.6) is 5.75 Å². The molecule has 1 N–H and O–H groups in total. The molecule has 0 saturated carbocycles. The molecule has 2 amide bonds. The van der Waals surface area contributed by atoms with Crippen LogP contribution in [-0.2, 0) is 11.2 Å². The fourth-order valence-corrected chi connectivity index (χ4v) is 3.33. The molecule has 7 nitrogen and oxygen atoms in total. The average Bonchev–Trinajstić information content (AvgIpc) is 2.74. The monoisotopic (exact) mass is 382 g/mol. The van der Waals surface area contributed by atoms with E-state index in [1.54, 1.807) is 26.4 Å². The lowest BCUT2D eigenvalue weighted by Gasteiger charge is -2.35. The van der Waals surface area contributed by atoms with Crippen molar-refractivity contribution < 1.29 is 14.3 Å². The summed E-state index contributed by atoms with van der Waals surface area (Å²) in [6, 6.07) is 9.65. The summed E-state index contributed by atoms with van der Waals surface area (Å²) in [5, 5.41) is 2.94. The van der Waals surface area contributed by atoms with Crippen LogP contribution in [0.4, 0.5) is 5.69 Å². The quantitative estimate of drug-likeness (QED) is 0.824. The van der Waals surface area contributed by atoms with Gasteiger partial charge in [-0.1, -0.05) is 18.2 Å². The van der Waals surface area contributed by atoms with Gasteiger partial charge in [-0.25, -0.2) is 0 Å². The molecule has 28 heavy (non-hydrogen) atoms. The van der Waals surface area contributed by atoms with Gasteiger partial charge in [-0.05, 0) is 24.1 Å². The van der Waals surface area contributed by atoms with E-state index < -0.39 is 0 Å². The number of nitrogens with zero attached hydrogens (tertiary/aromatic N) is 3. The van der Waals surface area contributed by atoms with Crippen LogP contribution in [0.25, 0.3) is 0 Å². The summed E-state index contributed by atoms with van der Waals surface area (Å²) < 4.78 is 5.34. The Balaban J connectivity index is 1.56. The van der Waals surface area contributed by atoms with Crippen LogP contribution < -0.4 is 15.0 Å². The summed E-state index contributed by atoms with van der Waals surface area (Å²) >= 11 is 0. The number of anilines is 1. The number of benzene rings is 1. The zero-order chi connectivity index (χ0) is 19.9. The number of carbonyl (C=O) groups excluding carboxylic acids is 2. The number of ether oxygens (including phenoxy) is 1. The second-order valence-electron chi connectivity index (χ2n) is 6.74. The number of carbonyl (C=O) groups is 2. The van der Waals surface area contributed by atoms with E-state index in [2.05, 4.69) is 15.2 Å². The van der Waals surface area contributed by atoms with Gasteiger partial charge in [0, 0.05) is 45.8 Å². The van der Waals surface area contributed by atoms with Gasteiger partial charge < -0.3 is 19.9 Å². The van der Waals surface area contributed by atoms with Crippen molar-refractivity contribution in [3.05, 3.63) is 53.9 Å². The molecule has 1 saturated heterocycles. The van der Waals surface area contributed by atoms with E-state index >= 15 is 0 Å². The van der Waals surface area contributed by atoms with E-state index in [0.717, 1.165) is 30.1 Å². The molecule has 2 aromatic rings. The molecule has 1 aromatic carbocycles. The van der Waals surface area contributed by atoms with Crippen molar-refractivity contribution in [2.24, 2.45) is 0 Å². The highest BCUT2D eigenvalue weighted by Crippen LogP contribution is 2.18. The van der Waals surface area contributed by atoms with Crippen molar-refractivity contribution in [1.29, 1.82) is 0 Å². The number of hydrogen-bond donors (Lipinski definition) is 1. The molecule has 0 unspecified atom stereocenters. The molecule has 1 aliphatic rings. The number of para-hydroxylation sites is 1. The van der Waals surface area contributed by atoms with Gasteiger partial charge in [0.25, 0.3) is 5.91 Å². The highest BCUT2D eigenvalue weighted by molar-refractivity contribution is 5.94. The van der Waals surface area contributed by atoms with E-state index in [-0.39, 0.29) is 11.8 Å². The Morgan fingerprint density at radius 2 is 1.89 bits per heavy atom. The predicted octanol–water partition coefficient (Wildman–Crippen LogP) is 1.73. The van der Waals surface area contributed by atoms with E-state index in [0.29, 0.717) is 31.6 Å². The number of nitrogens with one attached hydrogen (secondary N) is 1. The largest absolute Gasteiger partial charge is 0.496 e. The first kappa shape index (κ1) is 19.7. The van der Waals surface area contributed by atoms with Gasteiger partial charge in [0.15, 0.2) is 0 Å². The Morgan fingerprint density at radius 3 is 2.61 bits per heavy atom. The molecule has 1 aromatic heterocycles. The van der Waals surface area contributed by atoms with Crippen molar-refractivity contribution in [2.75, 3.05) is 44.7 Å². The van der Waals surface area contributed by atoms with Crippen LogP contribution in [0, 0.1) is 0 Å². The van der Waals surface area contributed by atoms with Gasteiger partial charge in [-0.2, -0.15) is 0 Å². The molecular weight excluding hydrogens is 356 g/mol. The van der Waals surface area contributed by atoms with E-state index in [9.17, 15) is 9.59 Å². The molecule has 2 heterocycles. The molecule has 0 atom stereocenters. The summed E-state index contributed by atoms with van der Waals surface area (Å²) in [4.78, 5) is 32.2. The normalized spacial score (nSPS) is 13.9. The Kier molecular flexibility index (Phi) is 6.47. The standard InChI is InChI=1S/C21H26N4O3/c1-16(26)24-9-11-25(12-10-24)19-13-18(14-22-15-19)21(27)23-8-7-17-5-3-4-6-20(17)28-2/h3-6,13-15H,7-12H2,1-2H3,(H,23,27). The molecule has 0 radical (unpaired) electrons. The molecule has 3 rings (SSSR count). The highest BCUT2D eigenvalue weighted by Gasteiger charge is 2.19. The van der Waals surface area contributed by atoms with Gasteiger partial charge in [-0.3, -0.25) is 14.6 Å².